The molecule has 12 heteroatoms. The van der Waals surface area contributed by atoms with E-state index < -0.39 is 5.97 Å². The Bertz CT molecular complexity index is 2270. The molecule has 4 heterocycles. The van der Waals surface area contributed by atoms with Crippen LogP contribution in [0.1, 0.15) is 104 Å². The first-order valence-corrected chi connectivity index (χ1v) is 20.2. The summed E-state index contributed by atoms with van der Waals surface area (Å²) in [5, 5.41) is 18.9. The van der Waals surface area contributed by atoms with Crippen LogP contribution in [-0.2, 0) is 24.3 Å². The second-order valence-corrected chi connectivity index (χ2v) is 18.4. The Kier molecular flexibility index (Phi) is 9.37. The first-order valence-electron chi connectivity index (χ1n) is 19.4. The van der Waals surface area contributed by atoms with Gasteiger partial charge in [-0.15, -0.1) is 0 Å². The Morgan fingerprint density at radius 1 is 0.945 bits per heavy atom. The van der Waals surface area contributed by atoms with Gasteiger partial charge in [-0.1, -0.05) is 69.7 Å². The van der Waals surface area contributed by atoms with Crippen LogP contribution in [0.4, 0.5) is 10.9 Å². The average molecular weight is 762 g/mol. The van der Waals surface area contributed by atoms with Crippen LogP contribution < -0.4 is 15.7 Å². The third-order valence-corrected chi connectivity index (χ3v) is 13.4. The highest BCUT2D eigenvalue weighted by Gasteiger charge is 2.59. The lowest BCUT2D eigenvalue weighted by Crippen LogP contribution is -2.58. The van der Waals surface area contributed by atoms with Gasteiger partial charge in [0, 0.05) is 49.1 Å². The molecule has 11 nitrogen and oxygen atoms in total. The average Bonchev–Trinajstić information content (AvgIpc) is 3.71. The second-order valence-electron chi connectivity index (χ2n) is 17.4. The number of pyridine rings is 1. The molecule has 1 amide bonds. The highest BCUT2D eigenvalue weighted by Crippen LogP contribution is 2.64. The van der Waals surface area contributed by atoms with Gasteiger partial charge in [0.1, 0.15) is 5.82 Å². The van der Waals surface area contributed by atoms with Gasteiger partial charge in [0.05, 0.1) is 22.0 Å². The smallest absolute Gasteiger partial charge is 0.355 e. The molecular weight excluding hydrogens is 711 g/mol. The number of hydroxylamine groups is 1. The number of aromatic carboxylic acids is 1. The molecule has 4 atom stereocenters. The van der Waals surface area contributed by atoms with Crippen molar-refractivity contribution in [2.24, 2.45) is 16.2 Å². The second kappa shape index (κ2) is 13.8. The SMILES string of the molecule is CCC1(C)CC2(C)CC(C)(Cn3ncc(-c4ccc(N5CCc6cccc(C(=O)Nc7nc8ccccc8s7)c6C5)nc4C(=O)O)c3C)CC(ONC)(C1)C2. The van der Waals surface area contributed by atoms with Gasteiger partial charge < -0.3 is 10.0 Å². The maximum atomic E-state index is 13.6. The summed E-state index contributed by atoms with van der Waals surface area (Å²) in [6, 6.07) is 17.4. The Morgan fingerprint density at radius 2 is 1.73 bits per heavy atom. The molecule has 0 saturated heterocycles. The maximum Gasteiger partial charge on any atom is 0.355 e. The predicted molar refractivity (Wildman–Crippen MR) is 216 cm³/mol. The molecule has 2 bridgehead atoms. The minimum absolute atomic E-state index is 0.0149. The van der Waals surface area contributed by atoms with E-state index in [2.05, 4.69) is 54.4 Å². The summed E-state index contributed by atoms with van der Waals surface area (Å²) in [6.45, 7) is 13.3. The molecule has 0 spiro atoms. The number of hydrogen-bond donors (Lipinski definition) is 3. The normalized spacial score (nSPS) is 26.2. The molecule has 2 aromatic carbocycles. The van der Waals surface area contributed by atoms with Gasteiger partial charge in [0.2, 0.25) is 0 Å². The topological polar surface area (TPSA) is 134 Å². The van der Waals surface area contributed by atoms with Crippen molar-refractivity contribution >= 4 is 44.4 Å². The molecule has 2 saturated carbocycles. The quantitative estimate of drug-likeness (QED) is 0.120. The zero-order valence-electron chi connectivity index (χ0n) is 32.7. The summed E-state index contributed by atoms with van der Waals surface area (Å²) in [5.41, 5.74) is 8.74. The molecule has 288 valence electrons. The Labute approximate surface area is 326 Å². The van der Waals surface area contributed by atoms with Crippen LogP contribution in [0.5, 0.6) is 0 Å². The number of carbonyl (C=O) groups excluding carboxylic acids is 1. The number of carboxylic acid groups (broad SMARTS) is 1. The fraction of sp³-hybridized carbons (Fsp3) is 0.465. The van der Waals surface area contributed by atoms with E-state index in [1.807, 2.05) is 67.2 Å². The first-order chi connectivity index (χ1) is 26.2. The van der Waals surface area contributed by atoms with Crippen LogP contribution in [0.25, 0.3) is 21.3 Å². The van der Waals surface area contributed by atoms with E-state index in [9.17, 15) is 14.7 Å². The lowest BCUT2D eigenvalue weighted by atomic mass is 9.47. The summed E-state index contributed by atoms with van der Waals surface area (Å²) in [7, 11) is 1.87. The monoisotopic (exact) mass is 761 g/mol. The Balaban J connectivity index is 1.03. The van der Waals surface area contributed by atoms with Crippen molar-refractivity contribution < 1.29 is 19.5 Å². The van der Waals surface area contributed by atoms with Crippen LogP contribution in [0, 0.1) is 23.2 Å². The molecule has 3 aliphatic rings. The fourth-order valence-corrected chi connectivity index (χ4v) is 11.8. The van der Waals surface area contributed by atoms with Crippen LogP contribution >= 0.6 is 11.3 Å². The van der Waals surface area contributed by atoms with Crippen LogP contribution in [0.2, 0.25) is 0 Å². The van der Waals surface area contributed by atoms with Crippen molar-refractivity contribution in [1.82, 2.24) is 25.2 Å². The van der Waals surface area contributed by atoms with Crippen molar-refractivity contribution in [2.75, 3.05) is 23.8 Å². The number of nitrogens with zero attached hydrogens (tertiary/aromatic N) is 5. The predicted octanol–water partition coefficient (Wildman–Crippen LogP) is 8.67. The largest absolute Gasteiger partial charge is 0.476 e. The lowest BCUT2D eigenvalue weighted by molar-refractivity contribution is -0.220. The number of nitrogens with one attached hydrogen (secondary N) is 2. The first kappa shape index (κ1) is 37.3. The number of thiazole rings is 1. The van der Waals surface area contributed by atoms with Crippen molar-refractivity contribution in [3.05, 3.63) is 88.9 Å². The van der Waals surface area contributed by atoms with Crippen molar-refractivity contribution in [3.63, 3.8) is 0 Å². The zero-order valence-corrected chi connectivity index (χ0v) is 33.5. The summed E-state index contributed by atoms with van der Waals surface area (Å²) in [5.74, 6) is -0.757. The number of carboxylic acids is 1. The van der Waals surface area contributed by atoms with Gasteiger partial charge >= 0.3 is 5.97 Å². The van der Waals surface area contributed by atoms with Gasteiger partial charge in [-0.05, 0) is 103 Å². The highest BCUT2D eigenvalue weighted by atomic mass is 32.1. The maximum absolute atomic E-state index is 13.6. The van der Waals surface area contributed by atoms with E-state index in [0.717, 1.165) is 64.7 Å². The number of rotatable bonds is 10. The summed E-state index contributed by atoms with van der Waals surface area (Å²) in [6.07, 6.45) is 8.83. The van der Waals surface area contributed by atoms with E-state index in [1.54, 1.807) is 6.20 Å². The highest BCUT2D eigenvalue weighted by molar-refractivity contribution is 7.22. The van der Waals surface area contributed by atoms with E-state index in [0.29, 0.717) is 48.1 Å². The number of fused-ring (bicyclic) bond motifs is 4. The molecule has 2 aliphatic carbocycles. The number of benzene rings is 2. The molecule has 8 rings (SSSR count). The number of para-hydroxylation sites is 1. The third-order valence-electron chi connectivity index (χ3n) is 12.5. The summed E-state index contributed by atoms with van der Waals surface area (Å²) < 4.78 is 3.06. The Hall–Kier alpha value is -4.65. The molecule has 3 N–H and O–H groups in total. The molecule has 55 heavy (non-hydrogen) atoms. The molecule has 4 unspecified atom stereocenters. The standard InChI is InChI=1S/C43H51N7O4S/c1-7-40(3)21-41(4)22-42(5,25-43(23-40,24-41)54-44-6)26-50-27(2)31(19-45-50)29-15-16-35(47-36(29)38(52)53)49-18-17-28-11-10-12-30(32(28)20-49)37(51)48-39-46-33-13-8-9-14-34(33)55-39/h8-16,19,44H,7,17-18,20-26H2,1-6H3,(H,52,53)(H,46,48,51). The number of carbonyl (C=O) groups is 2. The van der Waals surface area contributed by atoms with Crippen LogP contribution in [0.15, 0.2) is 60.8 Å². The molecule has 3 aromatic heterocycles. The molecule has 5 aromatic rings. The zero-order chi connectivity index (χ0) is 38.8. The minimum Gasteiger partial charge on any atom is -0.476 e. The van der Waals surface area contributed by atoms with Gasteiger partial charge in [0.15, 0.2) is 10.8 Å². The van der Waals surface area contributed by atoms with Gasteiger partial charge in [-0.3, -0.25) is 19.6 Å². The van der Waals surface area contributed by atoms with E-state index in [4.69, 9.17) is 14.9 Å². The molecular formula is C43H51N7O4S. The Morgan fingerprint density at radius 3 is 2.49 bits per heavy atom. The molecule has 0 radical (unpaired) electrons. The third kappa shape index (κ3) is 7.04. The lowest BCUT2D eigenvalue weighted by Gasteiger charge is -2.61. The number of anilines is 2. The molecule has 2 fully saturated rings. The molecule has 1 aliphatic heterocycles. The van der Waals surface area contributed by atoms with Crippen molar-refractivity contribution in [2.45, 2.75) is 98.3 Å². The van der Waals surface area contributed by atoms with E-state index in [-0.39, 0.29) is 33.4 Å². The van der Waals surface area contributed by atoms with Crippen molar-refractivity contribution in [3.8, 4) is 11.1 Å². The fourth-order valence-electron chi connectivity index (χ4n) is 10.9. The van der Waals surface area contributed by atoms with Crippen LogP contribution in [-0.4, -0.2) is 55.9 Å². The van der Waals surface area contributed by atoms with Gasteiger partial charge in [0.25, 0.3) is 5.91 Å². The summed E-state index contributed by atoms with van der Waals surface area (Å²) in [4.78, 5) is 44.3. The number of aromatic nitrogens is 4. The van der Waals surface area contributed by atoms with Crippen LogP contribution in [0.3, 0.4) is 0 Å². The van der Waals surface area contributed by atoms with E-state index >= 15 is 0 Å². The van der Waals surface area contributed by atoms with Gasteiger partial charge in [-0.2, -0.15) is 5.10 Å². The van der Waals surface area contributed by atoms with Gasteiger partial charge in [-0.25, -0.2) is 20.2 Å². The number of amides is 1. The van der Waals surface area contributed by atoms with E-state index in [1.165, 1.54) is 17.8 Å². The minimum atomic E-state index is -1.09. The number of hydrogen-bond acceptors (Lipinski definition) is 9. The van der Waals surface area contributed by atoms with Crippen molar-refractivity contribution in [1.29, 1.82) is 0 Å². The summed E-state index contributed by atoms with van der Waals surface area (Å²) >= 11 is 1.44.